The largest absolute Gasteiger partial charge is 0.473 e. The van der Waals surface area contributed by atoms with E-state index in [1.54, 1.807) is 6.92 Å². The van der Waals surface area contributed by atoms with Gasteiger partial charge in [0, 0.05) is 29.8 Å². The lowest BCUT2D eigenvalue weighted by molar-refractivity contribution is -0.0592. The number of fused-ring (bicyclic) bond motifs is 1. The first kappa shape index (κ1) is 24.3. The van der Waals surface area contributed by atoms with Crippen LogP contribution in [0.3, 0.4) is 0 Å². The van der Waals surface area contributed by atoms with Crippen LogP contribution in [0.25, 0.3) is 11.0 Å². The Balaban J connectivity index is 1.07. The Morgan fingerprint density at radius 3 is 2.70 bits per heavy atom. The molecule has 37 heavy (non-hydrogen) atoms. The highest BCUT2D eigenvalue weighted by Crippen LogP contribution is 2.30. The molecular formula is C29H32N4O3S. The van der Waals surface area contributed by atoms with Crippen molar-refractivity contribution in [2.45, 2.75) is 57.9 Å². The maximum atomic E-state index is 11.5. The number of aromatic nitrogens is 3. The van der Waals surface area contributed by atoms with E-state index < -0.39 is 0 Å². The van der Waals surface area contributed by atoms with Crippen LogP contribution in [-0.4, -0.2) is 51.0 Å². The summed E-state index contributed by atoms with van der Waals surface area (Å²) in [5.74, 6) is 2.28. The first-order valence-electron chi connectivity index (χ1n) is 13.1. The minimum absolute atomic E-state index is 0.0901. The van der Waals surface area contributed by atoms with Crippen LogP contribution >= 0.6 is 11.3 Å². The van der Waals surface area contributed by atoms with Gasteiger partial charge in [0.15, 0.2) is 5.78 Å². The molecule has 2 aliphatic heterocycles. The van der Waals surface area contributed by atoms with E-state index in [0.717, 1.165) is 79.5 Å². The third-order valence-corrected chi connectivity index (χ3v) is 8.50. The van der Waals surface area contributed by atoms with Gasteiger partial charge in [0.25, 0.3) is 0 Å². The van der Waals surface area contributed by atoms with Crippen molar-refractivity contribution in [3.8, 4) is 5.88 Å². The maximum Gasteiger partial charge on any atom is 0.213 e. The molecule has 5 heterocycles. The summed E-state index contributed by atoms with van der Waals surface area (Å²) in [4.78, 5) is 24.6. The molecule has 6 rings (SSSR count). The summed E-state index contributed by atoms with van der Waals surface area (Å²) in [6.07, 6.45) is 3.56. The number of hydrogen-bond donors (Lipinski definition) is 0. The molecule has 0 aliphatic carbocycles. The Bertz CT molecular complexity index is 1380. The summed E-state index contributed by atoms with van der Waals surface area (Å²) in [5, 5.41) is 1.98. The fourth-order valence-electron chi connectivity index (χ4n) is 5.20. The minimum Gasteiger partial charge on any atom is -0.473 e. The van der Waals surface area contributed by atoms with Gasteiger partial charge in [0.05, 0.1) is 35.1 Å². The monoisotopic (exact) mass is 516 g/mol. The number of pyridine rings is 1. The van der Waals surface area contributed by atoms with Crippen molar-refractivity contribution in [1.29, 1.82) is 0 Å². The Kier molecular flexibility index (Phi) is 7.04. The number of Topliss-reactive ketones (excluding diaryl/α,β-unsaturated/α-hetero) is 1. The zero-order valence-corrected chi connectivity index (χ0v) is 22.0. The van der Waals surface area contributed by atoms with Crippen molar-refractivity contribution in [2.75, 3.05) is 19.7 Å². The van der Waals surface area contributed by atoms with Gasteiger partial charge in [-0.1, -0.05) is 18.2 Å². The van der Waals surface area contributed by atoms with Crippen molar-refractivity contribution in [2.24, 2.45) is 0 Å². The molecule has 0 radical (unpaired) electrons. The van der Waals surface area contributed by atoms with Gasteiger partial charge in [0.2, 0.25) is 5.88 Å². The van der Waals surface area contributed by atoms with Gasteiger partial charge in [-0.15, -0.1) is 11.3 Å². The van der Waals surface area contributed by atoms with Crippen molar-refractivity contribution in [3.63, 3.8) is 0 Å². The Hall–Kier alpha value is -3.07. The number of imidazole rings is 1. The van der Waals surface area contributed by atoms with E-state index >= 15 is 0 Å². The standard InChI is InChI=1S/C29H32N4O3S/c1-20(34)27-15-21(19-37-27)18-36-29-8-4-6-24(31-29)22-9-12-32(13-10-22)17-28-30-25-5-2-3-7-26(25)33(28)16-23-11-14-35-23/h2-8,15,19,22-23H,9-14,16-18H2,1H3/t23-/m0/s1. The van der Waals surface area contributed by atoms with E-state index in [1.807, 2.05) is 23.6 Å². The van der Waals surface area contributed by atoms with E-state index in [2.05, 4.69) is 39.8 Å². The van der Waals surface area contributed by atoms with Crippen molar-refractivity contribution in [1.82, 2.24) is 19.4 Å². The maximum absolute atomic E-state index is 11.5. The SMILES string of the molecule is CC(=O)c1cc(COc2cccc(C3CCN(Cc4nc5ccccc5n4C[C@@H]4CCO4)CC3)n2)cs1. The third kappa shape index (κ3) is 5.46. The molecule has 1 aromatic carbocycles. The van der Waals surface area contributed by atoms with E-state index in [9.17, 15) is 4.79 Å². The molecule has 192 valence electrons. The van der Waals surface area contributed by atoms with Gasteiger partial charge in [0.1, 0.15) is 12.4 Å². The number of para-hydroxylation sites is 2. The van der Waals surface area contributed by atoms with E-state index in [-0.39, 0.29) is 5.78 Å². The summed E-state index contributed by atoms with van der Waals surface area (Å²) >= 11 is 1.46. The summed E-state index contributed by atoms with van der Waals surface area (Å²) in [6.45, 7) is 6.65. The second kappa shape index (κ2) is 10.7. The molecule has 0 amide bonds. The molecular weight excluding hydrogens is 484 g/mol. The molecule has 8 heteroatoms. The predicted molar refractivity (Wildman–Crippen MR) is 144 cm³/mol. The Morgan fingerprint density at radius 1 is 1.11 bits per heavy atom. The average Bonchev–Trinajstić information content (AvgIpc) is 3.50. The molecule has 1 atom stereocenters. The number of carbonyl (C=O) groups is 1. The quantitative estimate of drug-likeness (QED) is 0.276. The van der Waals surface area contributed by atoms with E-state index in [4.69, 9.17) is 19.4 Å². The first-order valence-corrected chi connectivity index (χ1v) is 14.0. The van der Waals surface area contributed by atoms with Crippen LogP contribution in [0.5, 0.6) is 5.88 Å². The normalized spacial score (nSPS) is 18.7. The lowest BCUT2D eigenvalue weighted by Crippen LogP contribution is -2.35. The number of rotatable bonds is 9. The van der Waals surface area contributed by atoms with Crippen LogP contribution in [0.15, 0.2) is 53.9 Å². The molecule has 7 nitrogen and oxygen atoms in total. The number of ether oxygens (including phenoxy) is 2. The van der Waals surface area contributed by atoms with Crippen LogP contribution in [0.4, 0.5) is 0 Å². The Morgan fingerprint density at radius 2 is 1.95 bits per heavy atom. The lowest BCUT2D eigenvalue weighted by Gasteiger charge is -2.32. The predicted octanol–water partition coefficient (Wildman–Crippen LogP) is 5.44. The first-order chi connectivity index (χ1) is 18.1. The van der Waals surface area contributed by atoms with Crippen molar-refractivity contribution >= 4 is 28.2 Å². The van der Waals surface area contributed by atoms with Gasteiger partial charge >= 0.3 is 0 Å². The van der Waals surface area contributed by atoms with Gasteiger partial charge in [-0.05, 0) is 68.9 Å². The fourth-order valence-corrected chi connectivity index (χ4v) is 6.00. The summed E-state index contributed by atoms with van der Waals surface area (Å²) < 4.78 is 14.0. The molecule has 4 aromatic rings. The van der Waals surface area contributed by atoms with Crippen LogP contribution in [0, 0.1) is 0 Å². The number of ketones is 1. The molecule has 0 unspecified atom stereocenters. The smallest absolute Gasteiger partial charge is 0.213 e. The lowest BCUT2D eigenvalue weighted by atomic mass is 9.93. The van der Waals surface area contributed by atoms with E-state index in [1.165, 1.54) is 16.9 Å². The highest BCUT2D eigenvalue weighted by molar-refractivity contribution is 7.12. The number of benzene rings is 1. The molecule has 0 spiro atoms. The van der Waals surface area contributed by atoms with Gasteiger partial charge < -0.3 is 14.0 Å². The highest BCUT2D eigenvalue weighted by Gasteiger charge is 2.25. The number of hydrogen-bond acceptors (Lipinski definition) is 7. The molecule has 2 saturated heterocycles. The second-order valence-corrected chi connectivity index (χ2v) is 10.9. The van der Waals surface area contributed by atoms with Crippen LogP contribution in [0.1, 0.15) is 58.9 Å². The zero-order valence-electron chi connectivity index (χ0n) is 21.1. The van der Waals surface area contributed by atoms with Crippen LogP contribution < -0.4 is 4.74 Å². The summed E-state index contributed by atoms with van der Waals surface area (Å²) in [6, 6.07) is 16.4. The number of carbonyl (C=O) groups excluding carboxylic acids is 1. The molecule has 0 saturated carbocycles. The van der Waals surface area contributed by atoms with Crippen LogP contribution in [-0.2, 0) is 24.4 Å². The number of piperidine rings is 1. The summed E-state index contributed by atoms with van der Waals surface area (Å²) in [5.41, 5.74) is 4.36. The van der Waals surface area contributed by atoms with E-state index in [0.29, 0.717) is 24.5 Å². The fraction of sp³-hybridized carbons (Fsp3) is 0.414. The molecule has 3 aromatic heterocycles. The minimum atomic E-state index is 0.0901. The molecule has 0 bridgehead atoms. The Labute approximate surface area is 221 Å². The molecule has 2 fully saturated rings. The third-order valence-electron chi connectivity index (χ3n) is 7.42. The summed E-state index contributed by atoms with van der Waals surface area (Å²) in [7, 11) is 0. The molecule has 2 aliphatic rings. The van der Waals surface area contributed by atoms with Gasteiger partial charge in [-0.3, -0.25) is 9.69 Å². The molecule has 0 N–H and O–H groups in total. The van der Waals surface area contributed by atoms with Gasteiger partial charge in [-0.25, -0.2) is 9.97 Å². The van der Waals surface area contributed by atoms with Crippen molar-refractivity contribution in [3.05, 3.63) is 75.9 Å². The topological polar surface area (TPSA) is 69.5 Å². The van der Waals surface area contributed by atoms with Crippen molar-refractivity contribution < 1.29 is 14.3 Å². The average molecular weight is 517 g/mol. The zero-order chi connectivity index (χ0) is 25.2. The second-order valence-electron chi connectivity index (χ2n) is 10.0. The van der Waals surface area contributed by atoms with Gasteiger partial charge in [-0.2, -0.15) is 0 Å². The van der Waals surface area contributed by atoms with Crippen LogP contribution in [0.2, 0.25) is 0 Å². The number of nitrogens with zero attached hydrogens (tertiary/aromatic N) is 4. The highest BCUT2D eigenvalue weighted by atomic mass is 32.1. The number of thiophene rings is 1. The number of likely N-dealkylation sites (tertiary alicyclic amines) is 1.